The van der Waals surface area contributed by atoms with Crippen LogP contribution in [0.3, 0.4) is 0 Å². The van der Waals surface area contributed by atoms with Gasteiger partial charge in [0.2, 0.25) is 0 Å². The Morgan fingerprint density at radius 2 is 1.56 bits per heavy atom. The van der Waals surface area contributed by atoms with Gasteiger partial charge in [-0.05, 0) is 43.9 Å². The van der Waals surface area contributed by atoms with Crippen molar-refractivity contribution >= 4 is 5.96 Å². The fourth-order valence-electron chi connectivity index (χ4n) is 4.98. The van der Waals surface area contributed by atoms with Crippen molar-refractivity contribution in [3.63, 3.8) is 0 Å². The van der Waals surface area contributed by atoms with Crippen molar-refractivity contribution in [1.29, 1.82) is 0 Å². The average Bonchev–Trinajstić information content (AvgIpc) is 2.36. The molecule has 0 radical (unpaired) electrons. The molecule has 1 saturated carbocycles. The molecule has 18 heavy (non-hydrogen) atoms. The third-order valence-corrected chi connectivity index (χ3v) is 4.38. The minimum absolute atomic E-state index is 0.156. The van der Waals surface area contributed by atoms with E-state index >= 15 is 0 Å². The lowest BCUT2D eigenvalue weighted by molar-refractivity contribution is -0.0143. The third-order valence-electron chi connectivity index (χ3n) is 4.38. The summed E-state index contributed by atoms with van der Waals surface area (Å²) in [7, 11) is 0. The number of aliphatic imine (C=N–C) groups is 1. The summed E-state index contributed by atoms with van der Waals surface area (Å²) in [5.41, 5.74) is 7.03. The predicted molar refractivity (Wildman–Crippen MR) is 77.6 cm³/mol. The number of hydrogen-bond donors (Lipinski definition) is 1. The average molecular weight is 251 g/mol. The van der Waals surface area contributed by atoms with E-state index in [0.717, 1.165) is 12.5 Å². The van der Waals surface area contributed by atoms with Gasteiger partial charge in [0.05, 0.1) is 12.1 Å². The van der Waals surface area contributed by atoms with Gasteiger partial charge in [-0.2, -0.15) is 0 Å². The summed E-state index contributed by atoms with van der Waals surface area (Å²) in [6.07, 6.45) is 3.69. The van der Waals surface area contributed by atoms with E-state index < -0.39 is 0 Å². The summed E-state index contributed by atoms with van der Waals surface area (Å²) in [5.74, 6) is 0.749. The Bertz CT molecular complexity index is 350. The Morgan fingerprint density at radius 3 is 2.00 bits per heavy atom. The van der Waals surface area contributed by atoms with Crippen LogP contribution in [0.4, 0.5) is 0 Å². The first-order valence-corrected chi connectivity index (χ1v) is 7.16. The number of rotatable bonds is 1. The monoisotopic (exact) mass is 251 g/mol. The van der Waals surface area contributed by atoms with E-state index in [2.05, 4.69) is 51.4 Å². The van der Waals surface area contributed by atoms with Gasteiger partial charge in [0, 0.05) is 6.04 Å². The second-order valence-electron chi connectivity index (χ2n) is 8.22. The second kappa shape index (κ2) is 3.88. The van der Waals surface area contributed by atoms with Crippen LogP contribution in [0.15, 0.2) is 4.99 Å². The molecule has 1 fully saturated rings. The highest BCUT2D eigenvalue weighted by atomic mass is 15.4. The molecule has 0 unspecified atom stereocenters. The zero-order valence-electron chi connectivity index (χ0n) is 12.9. The highest BCUT2D eigenvalue weighted by molar-refractivity contribution is 5.81. The van der Waals surface area contributed by atoms with Gasteiger partial charge in [-0.1, -0.05) is 27.7 Å². The molecule has 0 aromatic rings. The molecule has 0 saturated heterocycles. The van der Waals surface area contributed by atoms with Crippen molar-refractivity contribution in [2.75, 3.05) is 6.54 Å². The fraction of sp³-hybridized carbons (Fsp3) is 0.933. The maximum absolute atomic E-state index is 6.14. The van der Waals surface area contributed by atoms with Gasteiger partial charge < -0.3 is 10.6 Å². The van der Waals surface area contributed by atoms with Crippen LogP contribution in [0.2, 0.25) is 0 Å². The van der Waals surface area contributed by atoms with Crippen molar-refractivity contribution in [1.82, 2.24) is 4.90 Å². The largest absolute Gasteiger partial charge is 0.370 e. The van der Waals surface area contributed by atoms with Crippen molar-refractivity contribution in [3.8, 4) is 0 Å². The molecule has 0 aromatic heterocycles. The zero-order chi connectivity index (χ0) is 13.8. The van der Waals surface area contributed by atoms with E-state index in [1.54, 1.807) is 0 Å². The topological polar surface area (TPSA) is 41.6 Å². The van der Waals surface area contributed by atoms with E-state index in [9.17, 15) is 0 Å². The van der Waals surface area contributed by atoms with Crippen molar-refractivity contribution in [2.45, 2.75) is 72.4 Å². The number of nitrogens with two attached hydrogens (primary N) is 1. The molecule has 0 bridgehead atoms. The van der Waals surface area contributed by atoms with Crippen LogP contribution in [0.5, 0.6) is 0 Å². The van der Waals surface area contributed by atoms with Crippen molar-refractivity contribution in [3.05, 3.63) is 0 Å². The molecular weight excluding hydrogens is 222 g/mol. The van der Waals surface area contributed by atoms with Gasteiger partial charge in [0.15, 0.2) is 5.96 Å². The first kappa shape index (κ1) is 13.7. The first-order chi connectivity index (χ1) is 8.07. The molecule has 104 valence electrons. The van der Waals surface area contributed by atoms with Crippen LogP contribution in [0.25, 0.3) is 0 Å². The van der Waals surface area contributed by atoms with Gasteiger partial charge in [0.1, 0.15) is 0 Å². The molecular formula is C15H29N3. The second-order valence-corrected chi connectivity index (χ2v) is 8.22. The first-order valence-electron chi connectivity index (χ1n) is 7.16. The summed E-state index contributed by atoms with van der Waals surface area (Å²) in [6, 6.07) is 0.431. The highest BCUT2D eigenvalue weighted by Gasteiger charge is 2.53. The van der Waals surface area contributed by atoms with Crippen LogP contribution in [-0.4, -0.2) is 29.0 Å². The number of hydrogen-bond acceptors (Lipinski definition) is 3. The maximum Gasteiger partial charge on any atom is 0.192 e. The summed E-state index contributed by atoms with van der Waals surface area (Å²) in [5, 5.41) is 0. The minimum Gasteiger partial charge on any atom is -0.370 e. The van der Waals surface area contributed by atoms with Crippen LogP contribution < -0.4 is 5.73 Å². The summed E-state index contributed by atoms with van der Waals surface area (Å²) < 4.78 is 0. The Balaban J connectivity index is 2.36. The molecule has 2 aliphatic rings. The minimum atomic E-state index is 0.156. The lowest BCUT2D eigenvalue weighted by atomic mass is 9.58. The van der Waals surface area contributed by atoms with Gasteiger partial charge in [-0.15, -0.1) is 0 Å². The van der Waals surface area contributed by atoms with Gasteiger partial charge in [0.25, 0.3) is 0 Å². The van der Waals surface area contributed by atoms with Crippen LogP contribution in [-0.2, 0) is 0 Å². The molecule has 1 spiro atoms. The smallest absolute Gasteiger partial charge is 0.192 e. The maximum atomic E-state index is 6.14. The molecule has 2 rings (SSSR count). The molecule has 0 aromatic carbocycles. The van der Waals surface area contributed by atoms with E-state index in [1.807, 2.05) is 0 Å². The lowest BCUT2D eigenvalue weighted by Crippen LogP contribution is -2.60. The molecule has 3 nitrogen and oxygen atoms in total. The molecule has 1 aliphatic heterocycles. The van der Waals surface area contributed by atoms with E-state index in [4.69, 9.17) is 5.73 Å². The number of nitrogens with zero attached hydrogens (tertiary/aromatic N) is 2. The lowest BCUT2D eigenvalue weighted by Gasteiger charge is -2.55. The summed E-state index contributed by atoms with van der Waals surface area (Å²) >= 11 is 0. The van der Waals surface area contributed by atoms with E-state index in [1.165, 1.54) is 19.3 Å². The molecule has 1 aliphatic carbocycles. The Hall–Kier alpha value is -0.730. The molecule has 0 amide bonds. The summed E-state index contributed by atoms with van der Waals surface area (Å²) in [4.78, 5) is 6.95. The summed E-state index contributed by atoms with van der Waals surface area (Å²) in [6.45, 7) is 14.9. The van der Waals surface area contributed by atoms with Gasteiger partial charge in [-0.3, -0.25) is 4.99 Å². The third kappa shape index (κ3) is 2.24. The Labute approximate surface area is 112 Å². The predicted octanol–water partition coefficient (Wildman–Crippen LogP) is 3.00. The van der Waals surface area contributed by atoms with Crippen molar-refractivity contribution < 1.29 is 0 Å². The molecule has 3 heteroatoms. The normalized spacial score (nSPS) is 28.8. The van der Waals surface area contributed by atoms with Crippen LogP contribution in [0, 0.1) is 10.8 Å². The standard InChI is InChI=1S/C15H29N3/c1-11(2)18-12(16)17-10-15(18)8-13(3,4)7-14(5,6)9-15/h11H,7-10H2,1-6H3,(H2,16,17). The van der Waals surface area contributed by atoms with Crippen molar-refractivity contribution in [2.24, 2.45) is 21.6 Å². The zero-order valence-corrected chi connectivity index (χ0v) is 12.9. The van der Waals surface area contributed by atoms with Gasteiger partial charge >= 0.3 is 0 Å². The van der Waals surface area contributed by atoms with Crippen LogP contribution in [0.1, 0.15) is 60.8 Å². The molecule has 0 atom stereocenters. The van der Waals surface area contributed by atoms with E-state index in [0.29, 0.717) is 16.9 Å². The Kier molecular flexibility index (Phi) is 2.95. The van der Waals surface area contributed by atoms with Crippen LogP contribution >= 0.6 is 0 Å². The number of guanidine groups is 1. The Morgan fingerprint density at radius 1 is 1.06 bits per heavy atom. The SMILES string of the molecule is CC(C)N1C(N)=NCC12CC(C)(C)CC(C)(C)C2. The quantitative estimate of drug-likeness (QED) is 0.778. The van der Waals surface area contributed by atoms with Gasteiger partial charge in [-0.25, -0.2) is 0 Å². The molecule has 1 heterocycles. The highest BCUT2D eigenvalue weighted by Crippen LogP contribution is 2.53. The molecule has 2 N–H and O–H groups in total. The fourth-order valence-corrected chi connectivity index (χ4v) is 4.98. The van der Waals surface area contributed by atoms with E-state index in [-0.39, 0.29) is 5.54 Å².